The van der Waals surface area contributed by atoms with Crippen LogP contribution in [0.25, 0.3) is 0 Å². The molecule has 89 heavy (non-hydrogen) atoms. The number of amides is 2. The summed E-state index contributed by atoms with van der Waals surface area (Å²) in [6, 6.07) is 27.4. The monoisotopic (exact) mass is 1450 g/mol. The Balaban J connectivity index is 1.01. The van der Waals surface area contributed by atoms with E-state index in [4.69, 9.17) is 47.1 Å². The average molecular weight is 1450 g/mol. The van der Waals surface area contributed by atoms with Gasteiger partial charge in [-0.05, 0) is 0 Å². The molecule has 480 valence electrons. The third-order valence-corrected chi connectivity index (χ3v) is 23.2. The number of alkyl halides is 1. The maximum atomic E-state index is 16.2. The number of ether oxygens (including phenoxy) is 8. The molecule has 4 fully saturated rings. The van der Waals surface area contributed by atoms with Gasteiger partial charge in [0.1, 0.15) is 0 Å². The molecule has 0 aromatic heterocycles. The van der Waals surface area contributed by atoms with E-state index in [0.717, 1.165) is 110 Å². The molecule has 5 heterocycles. The second-order valence-corrected chi connectivity index (χ2v) is 27.9. The molecule has 19 heteroatoms. The summed E-state index contributed by atoms with van der Waals surface area (Å²) >= 11 is -2.66. The van der Waals surface area contributed by atoms with Gasteiger partial charge in [-0.3, -0.25) is 0 Å². The molecule has 12 rings (SSSR count). The van der Waals surface area contributed by atoms with E-state index in [9.17, 15) is 4.79 Å². The normalized spacial score (nSPS) is 24.1. The zero-order valence-electron chi connectivity index (χ0n) is 52.0. The number of carbonyl (C=O) groups excluding carboxylic acids is 4. The summed E-state index contributed by atoms with van der Waals surface area (Å²) in [5.74, 6) is 2.89. The summed E-state index contributed by atoms with van der Waals surface area (Å²) in [7, 11) is 9.59. The van der Waals surface area contributed by atoms with Gasteiger partial charge in [-0.15, -0.1) is 0 Å². The number of cyclic esters (lactones) is 1. The Morgan fingerprint density at radius 3 is 1.65 bits per heavy atom. The first-order valence-electron chi connectivity index (χ1n) is 31.7. The average Bonchev–Trinajstić information content (AvgIpc) is 1.95. The van der Waals surface area contributed by atoms with Gasteiger partial charge >= 0.3 is 535 Å². The number of benzene rings is 5. The molecule has 7 aliphatic rings. The number of piperidine rings is 2. The quantitative estimate of drug-likeness (QED) is 0.0613. The third-order valence-electron chi connectivity index (χ3n) is 19.0. The van der Waals surface area contributed by atoms with Crippen molar-refractivity contribution in [1.29, 1.82) is 0 Å². The van der Waals surface area contributed by atoms with Crippen LogP contribution in [0.2, 0.25) is 0 Å². The summed E-state index contributed by atoms with van der Waals surface area (Å²) in [4.78, 5) is 65.8. The van der Waals surface area contributed by atoms with Gasteiger partial charge in [0.05, 0.1) is 14.2 Å². The van der Waals surface area contributed by atoms with Crippen LogP contribution in [0.15, 0.2) is 91.0 Å². The van der Waals surface area contributed by atoms with Crippen molar-refractivity contribution in [3.05, 3.63) is 124 Å². The number of rotatable bonds is 15. The number of hydrogen-bond donors (Lipinski definition) is 0. The zero-order valence-corrected chi connectivity index (χ0v) is 56.3. The number of carbonyl (C=O) groups is 4. The fourth-order valence-corrected chi connectivity index (χ4v) is 18.0. The molecule has 2 saturated carbocycles. The first kappa shape index (κ1) is 64.2. The zero-order chi connectivity index (χ0) is 62.0. The molecular formula is C70H84I2N2O15-2. The number of esters is 2. The van der Waals surface area contributed by atoms with Gasteiger partial charge in [0.15, 0.2) is 0 Å². The van der Waals surface area contributed by atoms with E-state index in [-0.39, 0.29) is 46.5 Å². The Bertz CT molecular complexity index is 3270. The van der Waals surface area contributed by atoms with Gasteiger partial charge in [0.25, 0.3) is 0 Å². The van der Waals surface area contributed by atoms with Gasteiger partial charge in [0.2, 0.25) is 0 Å². The molecule has 2 amide bonds. The molecule has 5 aromatic carbocycles. The van der Waals surface area contributed by atoms with Crippen LogP contribution < -0.4 is 81.3 Å². The van der Waals surface area contributed by atoms with Crippen molar-refractivity contribution in [1.82, 2.24) is 9.80 Å². The summed E-state index contributed by atoms with van der Waals surface area (Å²) in [5, 5.41) is 0. The van der Waals surface area contributed by atoms with E-state index in [1.54, 1.807) is 47.6 Å². The van der Waals surface area contributed by atoms with Crippen LogP contribution in [0.1, 0.15) is 167 Å². The van der Waals surface area contributed by atoms with Crippen LogP contribution >= 0.6 is 0 Å². The molecule has 5 aromatic rings. The standard InChI is InChI=1S/C70H84I2N2O15/c1-79-58-29-25-43(34-60(58)81-3)23-27-56-48-20-15-21-52(37-48)88-72-89-66-62(83-5)41-51(42-63(66)84-6)64(45-16-9-7-10-17-45)67(75)74-33-31-47(40-55(74)70(78)85-56)49-36-50-39-53(38-49)87-71-65(46-18-11-8-12-19-46)68(76)73-32-14-13-22-54(73)69(77)86-57(50)28-24-44-26-30-59(80-2)61(35-44)82-4/h15,20-21,25-26,29-30,34-39,41-42,45-47,54-57,64-65H,7-14,16-19,22-24,27-28,31-33,40H2,1-6H3/q-2/t47?,54-,55-,56+,57+,64-,65+/m0/s1. The van der Waals surface area contributed by atoms with Crippen molar-refractivity contribution in [3.8, 4) is 51.7 Å². The number of fused-ring (bicyclic) bond motifs is 10. The van der Waals surface area contributed by atoms with E-state index >= 15 is 14.4 Å². The second-order valence-electron chi connectivity index (χ2n) is 24.3. The number of methoxy groups -OCH3 is 6. The van der Waals surface area contributed by atoms with Crippen LogP contribution in [0.3, 0.4) is 0 Å². The predicted molar refractivity (Wildman–Crippen MR) is 324 cm³/mol. The van der Waals surface area contributed by atoms with Gasteiger partial charge in [-0.1, -0.05) is 0 Å². The van der Waals surface area contributed by atoms with Gasteiger partial charge < -0.3 is 0 Å². The van der Waals surface area contributed by atoms with E-state index in [2.05, 4.69) is 12.1 Å². The molecule has 2 saturated heterocycles. The van der Waals surface area contributed by atoms with Crippen molar-refractivity contribution in [2.45, 2.75) is 162 Å². The van der Waals surface area contributed by atoms with Crippen LogP contribution in [0, 0.1) is 11.8 Å². The van der Waals surface area contributed by atoms with Crippen LogP contribution in [0.4, 0.5) is 0 Å². The van der Waals surface area contributed by atoms with Crippen molar-refractivity contribution in [2.75, 3.05) is 55.7 Å². The van der Waals surface area contributed by atoms with Gasteiger partial charge in [0, 0.05) is 0 Å². The minimum absolute atomic E-state index is 0.00624. The van der Waals surface area contributed by atoms with Crippen LogP contribution in [-0.2, 0) is 41.5 Å². The van der Waals surface area contributed by atoms with Crippen molar-refractivity contribution < 1.29 is 110 Å². The molecular weight excluding hydrogens is 1360 g/mol. The Hall–Kier alpha value is -6.36. The maximum absolute atomic E-state index is 16.2. The fraction of sp³-hybridized carbons (Fsp3) is 0.514. The Morgan fingerprint density at radius 2 is 1.02 bits per heavy atom. The number of aryl methyl sites for hydroxylation is 2. The van der Waals surface area contributed by atoms with Crippen LogP contribution in [0.5, 0.6) is 51.7 Å². The predicted octanol–water partition coefficient (Wildman–Crippen LogP) is 6.73. The Labute approximate surface area is 545 Å². The van der Waals surface area contributed by atoms with Crippen molar-refractivity contribution >= 4 is 23.8 Å². The molecule has 0 radical (unpaired) electrons. The Kier molecular flexibility index (Phi) is 21.8. The topological polar surface area (TPSA) is 176 Å². The molecule has 5 aliphatic heterocycles. The van der Waals surface area contributed by atoms with E-state index < -0.39 is 85.8 Å². The summed E-state index contributed by atoms with van der Waals surface area (Å²) in [5.41, 5.74) is 5.02. The molecule has 2 aliphatic carbocycles. The Morgan fingerprint density at radius 1 is 0.461 bits per heavy atom. The molecule has 17 nitrogen and oxygen atoms in total. The molecule has 1 unspecified atom stereocenters. The summed E-state index contributed by atoms with van der Waals surface area (Å²) in [6.45, 7) is 0.751. The van der Waals surface area contributed by atoms with Crippen molar-refractivity contribution in [2.24, 2.45) is 11.8 Å². The van der Waals surface area contributed by atoms with Gasteiger partial charge in [-0.2, -0.15) is 0 Å². The summed E-state index contributed by atoms with van der Waals surface area (Å²) in [6.07, 6.45) is 13.1. The van der Waals surface area contributed by atoms with Crippen molar-refractivity contribution in [3.63, 3.8) is 0 Å². The summed E-state index contributed by atoms with van der Waals surface area (Å²) < 4.78 is 67.9. The van der Waals surface area contributed by atoms with E-state index in [0.29, 0.717) is 96.8 Å². The van der Waals surface area contributed by atoms with E-state index in [1.165, 1.54) is 0 Å². The first-order chi connectivity index (χ1) is 43.5. The van der Waals surface area contributed by atoms with Gasteiger partial charge in [-0.25, -0.2) is 0 Å². The number of hydrogen-bond acceptors (Lipinski definition) is 15. The number of nitrogens with zero attached hydrogens (tertiary/aromatic N) is 2. The molecule has 6 bridgehead atoms. The number of halogens is 2. The van der Waals surface area contributed by atoms with E-state index in [1.807, 2.05) is 83.8 Å². The molecule has 0 spiro atoms. The third kappa shape index (κ3) is 14.9. The fourth-order valence-electron chi connectivity index (χ4n) is 14.3. The second kappa shape index (κ2) is 30.2. The molecule has 0 N–H and O–H groups in total. The minimum atomic E-state index is -1.43. The van der Waals surface area contributed by atoms with Crippen LogP contribution in [-0.4, -0.2) is 105 Å². The molecule has 7 atom stereocenters. The first-order valence-corrected chi connectivity index (χ1v) is 35.6. The SMILES string of the molecule is COc1ccc(CC[C@H]2OC(=O)[C@@H]3CC(c4cc5cc(c4)[C@@H](CCc4ccc(OC)c(OC)c4)OC(=O)[C@@H]4CCCCN4C(=O)[C@@H](C4CCCCC4)[I-]O5)CCN3C(=O)[C@@H](C3CCCCC3)c3cc(OC)c(c(OC)c3)O[I-]Oc3cccc2c3)cc1OC.